The van der Waals surface area contributed by atoms with Crippen molar-refractivity contribution < 1.29 is 19.4 Å². The number of carboxylic acid groups (broad SMARTS) is 1. The molecule has 0 saturated heterocycles. The molecule has 1 amide bonds. The normalized spacial score (nSPS) is 11.4. The van der Waals surface area contributed by atoms with Gasteiger partial charge in [0.15, 0.2) is 0 Å². The number of nitrogens with one attached hydrogen (secondary N) is 1. The van der Waals surface area contributed by atoms with Crippen LogP contribution in [0.25, 0.3) is 0 Å². The van der Waals surface area contributed by atoms with Gasteiger partial charge < -0.3 is 15.2 Å². The van der Waals surface area contributed by atoms with Gasteiger partial charge in [-0.05, 0) is 24.8 Å². The largest absolute Gasteiger partial charge is 0.480 e. The number of hydrogen-bond acceptors (Lipinski definition) is 4. The molecule has 1 aromatic rings. The van der Waals surface area contributed by atoms with E-state index in [0.29, 0.717) is 32.3 Å². The first-order chi connectivity index (χ1) is 10.6. The summed E-state index contributed by atoms with van der Waals surface area (Å²) >= 11 is 0. The highest BCUT2D eigenvalue weighted by molar-refractivity contribution is 5.84. The number of nitrogens with zero attached hydrogens (tertiary/aromatic N) is 1. The number of nitriles is 1. The minimum atomic E-state index is -1.08. The molecule has 0 aliphatic carbocycles. The smallest absolute Gasteiger partial charge is 0.326 e. The van der Waals surface area contributed by atoms with Crippen LogP contribution in [0.3, 0.4) is 0 Å². The van der Waals surface area contributed by atoms with E-state index >= 15 is 0 Å². The fourth-order valence-corrected chi connectivity index (χ4v) is 1.88. The van der Waals surface area contributed by atoms with Crippen molar-refractivity contribution in [2.24, 2.45) is 0 Å². The van der Waals surface area contributed by atoms with E-state index in [1.807, 2.05) is 36.4 Å². The quantitative estimate of drug-likeness (QED) is 0.643. The highest BCUT2D eigenvalue weighted by Crippen LogP contribution is 2.04. The average molecular weight is 304 g/mol. The highest BCUT2D eigenvalue weighted by Gasteiger charge is 2.19. The molecular weight excluding hydrogens is 284 g/mol. The maximum atomic E-state index is 11.7. The van der Waals surface area contributed by atoms with Gasteiger partial charge >= 0.3 is 5.97 Å². The van der Waals surface area contributed by atoms with Gasteiger partial charge in [0.2, 0.25) is 5.91 Å². The predicted molar refractivity (Wildman–Crippen MR) is 79.7 cm³/mol. The number of hydrogen-bond donors (Lipinski definition) is 2. The van der Waals surface area contributed by atoms with Crippen molar-refractivity contribution in [1.82, 2.24) is 5.32 Å². The number of amides is 1. The lowest BCUT2D eigenvalue weighted by atomic mass is 10.1. The molecule has 0 radical (unpaired) electrons. The lowest BCUT2D eigenvalue weighted by Crippen LogP contribution is -2.42. The second-order valence-electron chi connectivity index (χ2n) is 4.84. The molecule has 1 aromatic carbocycles. The summed E-state index contributed by atoms with van der Waals surface area (Å²) in [5.74, 6) is -1.53. The van der Waals surface area contributed by atoms with Crippen molar-refractivity contribution >= 4 is 11.9 Å². The second kappa shape index (κ2) is 10.4. The molecule has 0 aliphatic heterocycles. The Morgan fingerprint density at radius 2 is 2.00 bits per heavy atom. The van der Waals surface area contributed by atoms with E-state index in [1.165, 1.54) is 0 Å². The summed E-state index contributed by atoms with van der Waals surface area (Å²) in [7, 11) is 0. The molecule has 118 valence electrons. The SMILES string of the molecule is N#CCCCC[C@H](NC(=O)COCc1ccccc1)C(=O)O. The van der Waals surface area contributed by atoms with E-state index in [9.17, 15) is 9.59 Å². The number of aliphatic carboxylic acids is 1. The molecule has 1 atom stereocenters. The van der Waals surface area contributed by atoms with Crippen LogP contribution in [0.15, 0.2) is 30.3 Å². The standard InChI is InChI=1S/C16H20N2O4/c17-10-6-2-5-9-14(16(20)21)18-15(19)12-22-11-13-7-3-1-4-8-13/h1,3-4,7-8,14H,2,5-6,9,11-12H2,(H,18,19)(H,20,21)/t14-/m0/s1. The van der Waals surface area contributed by atoms with Gasteiger partial charge in [0.1, 0.15) is 12.6 Å². The fraction of sp³-hybridized carbons (Fsp3) is 0.438. The van der Waals surface area contributed by atoms with Crippen molar-refractivity contribution in [3.63, 3.8) is 0 Å². The minimum Gasteiger partial charge on any atom is -0.480 e. The maximum Gasteiger partial charge on any atom is 0.326 e. The van der Waals surface area contributed by atoms with Crippen molar-refractivity contribution in [3.05, 3.63) is 35.9 Å². The van der Waals surface area contributed by atoms with Crippen molar-refractivity contribution in [3.8, 4) is 6.07 Å². The van der Waals surface area contributed by atoms with E-state index in [1.54, 1.807) is 0 Å². The Bertz CT molecular complexity index is 511. The van der Waals surface area contributed by atoms with E-state index in [-0.39, 0.29) is 6.61 Å². The molecule has 22 heavy (non-hydrogen) atoms. The minimum absolute atomic E-state index is 0.184. The molecule has 0 bridgehead atoms. The molecule has 2 N–H and O–H groups in total. The van der Waals surface area contributed by atoms with E-state index in [0.717, 1.165) is 5.56 Å². The van der Waals surface area contributed by atoms with Crippen LogP contribution in [-0.2, 0) is 20.9 Å². The third-order valence-corrected chi connectivity index (χ3v) is 3.01. The summed E-state index contributed by atoms with van der Waals surface area (Å²) in [5.41, 5.74) is 0.946. The molecule has 0 fully saturated rings. The number of carboxylic acids is 1. The van der Waals surface area contributed by atoms with Gasteiger partial charge in [-0.3, -0.25) is 4.79 Å². The summed E-state index contributed by atoms with van der Waals surface area (Å²) in [6.45, 7) is 0.116. The first-order valence-corrected chi connectivity index (χ1v) is 7.14. The monoisotopic (exact) mass is 304 g/mol. The number of rotatable bonds is 10. The van der Waals surface area contributed by atoms with E-state index in [4.69, 9.17) is 15.1 Å². The van der Waals surface area contributed by atoms with Crippen LogP contribution in [0, 0.1) is 11.3 Å². The maximum absolute atomic E-state index is 11.7. The molecule has 0 saturated carbocycles. The molecule has 0 spiro atoms. The van der Waals surface area contributed by atoms with Crippen LogP contribution in [0.1, 0.15) is 31.2 Å². The molecular formula is C16H20N2O4. The van der Waals surface area contributed by atoms with Gasteiger partial charge in [0, 0.05) is 6.42 Å². The molecule has 0 aliphatic rings. The Balaban J connectivity index is 2.28. The number of carbonyl (C=O) groups is 2. The van der Waals surface area contributed by atoms with Crippen molar-refractivity contribution in [2.75, 3.05) is 6.61 Å². The average Bonchev–Trinajstić information content (AvgIpc) is 2.51. The summed E-state index contributed by atoms with van der Waals surface area (Å²) in [5, 5.41) is 19.9. The Kier molecular flexibility index (Phi) is 8.31. The van der Waals surface area contributed by atoms with Gasteiger partial charge in [-0.1, -0.05) is 30.3 Å². The fourth-order valence-electron chi connectivity index (χ4n) is 1.88. The van der Waals surface area contributed by atoms with Crippen LogP contribution in [0.4, 0.5) is 0 Å². The second-order valence-corrected chi connectivity index (χ2v) is 4.84. The molecule has 6 nitrogen and oxygen atoms in total. The third kappa shape index (κ3) is 7.41. The summed E-state index contributed by atoms with van der Waals surface area (Å²) in [4.78, 5) is 22.8. The summed E-state index contributed by atoms with van der Waals surface area (Å²) in [6.07, 6.45) is 1.90. The van der Waals surface area contributed by atoms with Crippen LogP contribution >= 0.6 is 0 Å². The number of unbranched alkanes of at least 4 members (excludes halogenated alkanes) is 2. The topological polar surface area (TPSA) is 99.4 Å². The van der Waals surface area contributed by atoms with Crippen LogP contribution in [0.5, 0.6) is 0 Å². The molecule has 0 heterocycles. The Labute approximate surface area is 129 Å². The first-order valence-electron chi connectivity index (χ1n) is 7.14. The lowest BCUT2D eigenvalue weighted by Gasteiger charge is -2.14. The first kappa shape index (κ1) is 17.7. The lowest BCUT2D eigenvalue weighted by molar-refractivity contribution is -0.142. The Hall–Kier alpha value is -2.39. The van der Waals surface area contributed by atoms with Gasteiger partial charge in [-0.2, -0.15) is 5.26 Å². The number of benzene rings is 1. The van der Waals surface area contributed by atoms with Crippen LogP contribution in [-0.4, -0.2) is 29.6 Å². The summed E-state index contributed by atoms with van der Waals surface area (Å²) < 4.78 is 5.26. The zero-order valence-corrected chi connectivity index (χ0v) is 12.3. The van der Waals surface area contributed by atoms with Gasteiger partial charge in [-0.15, -0.1) is 0 Å². The third-order valence-electron chi connectivity index (χ3n) is 3.01. The molecule has 6 heteroatoms. The van der Waals surface area contributed by atoms with Gasteiger partial charge in [0.05, 0.1) is 12.7 Å². The van der Waals surface area contributed by atoms with E-state index in [2.05, 4.69) is 5.32 Å². The molecule has 1 rings (SSSR count). The van der Waals surface area contributed by atoms with Crippen molar-refractivity contribution in [2.45, 2.75) is 38.3 Å². The number of ether oxygens (including phenoxy) is 1. The van der Waals surface area contributed by atoms with E-state index < -0.39 is 17.9 Å². The summed E-state index contributed by atoms with van der Waals surface area (Å²) in [6, 6.07) is 10.5. The van der Waals surface area contributed by atoms with Crippen molar-refractivity contribution in [1.29, 1.82) is 5.26 Å². The molecule has 0 unspecified atom stereocenters. The molecule has 0 aromatic heterocycles. The van der Waals surface area contributed by atoms with Crippen LogP contribution < -0.4 is 5.32 Å². The Morgan fingerprint density at radius 1 is 1.27 bits per heavy atom. The highest BCUT2D eigenvalue weighted by atomic mass is 16.5. The van der Waals surface area contributed by atoms with Gasteiger partial charge in [0.25, 0.3) is 0 Å². The Morgan fingerprint density at radius 3 is 2.64 bits per heavy atom. The predicted octanol–water partition coefficient (Wildman–Crippen LogP) is 1.86. The zero-order valence-electron chi connectivity index (χ0n) is 12.3. The zero-order chi connectivity index (χ0) is 16.2. The number of carbonyl (C=O) groups excluding carboxylic acids is 1. The van der Waals surface area contributed by atoms with Gasteiger partial charge in [-0.25, -0.2) is 4.79 Å². The van der Waals surface area contributed by atoms with Crippen LogP contribution in [0.2, 0.25) is 0 Å².